The van der Waals surface area contributed by atoms with Gasteiger partial charge in [-0.05, 0) is 104 Å². The second-order valence-corrected chi connectivity index (χ2v) is 13.6. The molecule has 4 aliphatic rings. The van der Waals surface area contributed by atoms with Gasteiger partial charge in [-0.25, -0.2) is 0 Å². The van der Waals surface area contributed by atoms with E-state index < -0.39 is 0 Å². The van der Waals surface area contributed by atoms with Crippen LogP contribution in [-0.4, -0.2) is 49.5 Å². The molecule has 0 amide bonds. The van der Waals surface area contributed by atoms with E-state index in [9.17, 15) is 9.90 Å². The maximum absolute atomic E-state index is 11.8. The fourth-order valence-corrected chi connectivity index (χ4v) is 9.75. The van der Waals surface area contributed by atoms with Crippen molar-refractivity contribution in [3.8, 4) is 0 Å². The topological polar surface area (TPSA) is 70.6 Å². The normalized spacial score (nSPS) is 43.8. The Morgan fingerprint density at radius 3 is 2.40 bits per heavy atom. The molecule has 5 nitrogen and oxygen atoms in total. The van der Waals surface area contributed by atoms with Crippen LogP contribution in [0.4, 0.5) is 0 Å². The summed E-state index contributed by atoms with van der Waals surface area (Å²) >= 11 is 0. The molecule has 0 aromatic heterocycles. The molecule has 0 heterocycles. The second-order valence-electron chi connectivity index (χ2n) is 13.6. The number of carbonyl (C=O) groups is 1. The maximum atomic E-state index is 11.8. The van der Waals surface area contributed by atoms with Crippen LogP contribution in [0.3, 0.4) is 0 Å². The zero-order valence-corrected chi connectivity index (χ0v) is 23.4. The number of aliphatic hydroxyl groups excluding tert-OH is 1. The number of ether oxygens (including phenoxy) is 1. The van der Waals surface area contributed by atoms with E-state index in [1.54, 1.807) is 0 Å². The predicted octanol–water partition coefficient (Wildman–Crippen LogP) is 5.16. The van der Waals surface area contributed by atoms with Gasteiger partial charge in [0.25, 0.3) is 0 Å². The van der Waals surface area contributed by atoms with Crippen molar-refractivity contribution in [2.45, 2.75) is 117 Å². The van der Waals surface area contributed by atoms with Crippen LogP contribution in [0.5, 0.6) is 0 Å². The molecule has 35 heavy (non-hydrogen) atoms. The first-order valence-corrected chi connectivity index (χ1v) is 14.8. The lowest BCUT2D eigenvalue weighted by Gasteiger charge is -2.62. The van der Waals surface area contributed by atoms with Crippen molar-refractivity contribution in [3.63, 3.8) is 0 Å². The highest BCUT2D eigenvalue weighted by molar-refractivity contribution is 5.69. The van der Waals surface area contributed by atoms with Gasteiger partial charge in [0, 0.05) is 31.6 Å². The first kappa shape index (κ1) is 27.4. The lowest BCUT2D eigenvalue weighted by Crippen LogP contribution is -2.59. The Hall–Kier alpha value is -0.650. The number of rotatable bonds is 9. The molecule has 4 unspecified atom stereocenters. The van der Waals surface area contributed by atoms with Gasteiger partial charge in [-0.15, -0.1) is 0 Å². The number of methoxy groups -OCH3 is 1. The Balaban J connectivity index is 1.40. The van der Waals surface area contributed by atoms with Crippen LogP contribution in [-0.2, 0) is 9.53 Å². The fraction of sp³-hybridized carbons (Fsp3) is 0.967. The zero-order valence-electron chi connectivity index (χ0n) is 23.4. The molecule has 10 atom stereocenters. The van der Waals surface area contributed by atoms with Crippen LogP contribution in [0.2, 0.25) is 0 Å². The number of esters is 1. The van der Waals surface area contributed by atoms with Crippen LogP contribution in [0.25, 0.3) is 0 Å². The van der Waals surface area contributed by atoms with E-state index >= 15 is 0 Å². The van der Waals surface area contributed by atoms with Gasteiger partial charge in [0.15, 0.2) is 0 Å². The summed E-state index contributed by atoms with van der Waals surface area (Å²) in [6, 6.07) is 1.08. The van der Waals surface area contributed by atoms with Crippen molar-refractivity contribution < 1.29 is 14.6 Å². The minimum atomic E-state index is -0.155. The predicted molar refractivity (Wildman–Crippen MR) is 142 cm³/mol. The average molecular weight is 491 g/mol. The summed E-state index contributed by atoms with van der Waals surface area (Å²) < 4.78 is 4.91. The fourth-order valence-electron chi connectivity index (χ4n) is 9.75. The van der Waals surface area contributed by atoms with E-state index in [1.807, 2.05) is 0 Å². The number of carbonyl (C=O) groups excluding carboxylic acids is 1. The Morgan fingerprint density at radius 2 is 1.69 bits per heavy atom. The smallest absolute Gasteiger partial charge is 0.305 e. The van der Waals surface area contributed by atoms with Crippen LogP contribution < -0.4 is 10.6 Å². The molecule has 0 saturated heterocycles. The maximum Gasteiger partial charge on any atom is 0.305 e. The third-order valence-electron chi connectivity index (χ3n) is 11.6. The van der Waals surface area contributed by atoms with Gasteiger partial charge in [0.1, 0.15) is 0 Å². The Labute approximate surface area is 214 Å². The van der Waals surface area contributed by atoms with Gasteiger partial charge in [-0.2, -0.15) is 0 Å². The molecule has 0 aromatic carbocycles. The molecule has 0 aromatic rings. The van der Waals surface area contributed by atoms with Crippen molar-refractivity contribution in [2.75, 3.05) is 20.2 Å². The second kappa shape index (κ2) is 11.0. The summed E-state index contributed by atoms with van der Waals surface area (Å²) in [7, 11) is 1.50. The highest BCUT2D eigenvalue weighted by Gasteiger charge is 2.62. The molecule has 4 rings (SSSR count). The summed E-state index contributed by atoms with van der Waals surface area (Å²) in [4.78, 5) is 11.8. The molecule has 5 heteroatoms. The standard InChI is InChI=1S/C30H54N2O3/c1-19(2)31-15-16-32-21-11-13-30(5)25-12-14-29(4)23(20(3)7-10-28(34)35-6)8-9-24(29)22(25)18-27(33)26(30)17-21/h19-27,31-33H,7-18H2,1-6H3/t20-,21-,22?,23?,24?,25?,26+,27+,29-,30-/m1/s1. The summed E-state index contributed by atoms with van der Waals surface area (Å²) in [5.74, 6) is 3.79. The molecule has 4 fully saturated rings. The van der Waals surface area contributed by atoms with Crippen LogP contribution in [0.1, 0.15) is 98.8 Å². The quantitative estimate of drug-likeness (QED) is 0.308. The van der Waals surface area contributed by atoms with E-state index in [0.717, 1.165) is 44.2 Å². The van der Waals surface area contributed by atoms with Crippen molar-refractivity contribution in [2.24, 2.45) is 46.3 Å². The average Bonchev–Trinajstić information content (AvgIpc) is 3.18. The van der Waals surface area contributed by atoms with Gasteiger partial charge in [0.05, 0.1) is 13.2 Å². The van der Waals surface area contributed by atoms with E-state index in [2.05, 4.69) is 45.3 Å². The largest absolute Gasteiger partial charge is 0.469 e. The van der Waals surface area contributed by atoms with Crippen LogP contribution in [0.15, 0.2) is 0 Å². The highest BCUT2D eigenvalue weighted by atomic mass is 16.5. The first-order valence-electron chi connectivity index (χ1n) is 14.8. The molecule has 0 aliphatic heterocycles. The van der Waals surface area contributed by atoms with E-state index in [-0.39, 0.29) is 17.5 Å². The summed E-state index contributed by atoms with van der Waals surface area (Å²) in [5.41, 5.74) is 0.647. The van der Waals surface area contributed by atoms with Gasteiger partial charge >= 0.3 is 5.97 Å². The number of aliphatic hydroxyl groups is 1. The Bertz CT molecular complexity index is 728. The molecule has 0 radical (unpaired) electrons. The summed E-state index contributed by atoms with van der Waals surface area (Å²) in [6.07, 6.45) is 11.2. The molecular weight excluding hydrogens is 436 g/mol. The van der Waals surface area contributed by atoms with Gasteiger partial charge in [0.2, 0.25) is 0 Å². The Kier molecular flexibility index (Phi) is 8.60. The molecule has 4 saturated carbocycles. The van der Waals surface area contributed by atoms with Crippen molar-refractivity contribution in [3.05, 3.63) is 0 Å². The molecular formula is C30H54N2O3. The van der Waals surface area contributed by atoms with Gasteiger partial charge < -0.3 is 20.5 Å². The number of hydrogen-bond donors (Lipinski definition) is 3. The minimum absolute atomic E-state index is 0.0732. The highest BCUT2D eigenvalue weighted by Crippen LogP contribution is 2.68. The van der Waals surface area contributed by atoms with E-state index in [0.29, 0.717) is 47.6 Å². The number of fused-ring (bicyclic) bond motifs is 5. The minimum Gasteiger partial charge on any atom is -0.469 e. The third-order valence-corrected chi connectivity index (χ3v) is 11.6. The van der Waals surface area contributed by atoms with E-state index in [4.69, 9.17) is 4.74 Å². The van der Waals surface area contributed by atoms with Crippen LogP contribution >= 0.6 is 0 Å². The summed E-state index contributed by atoms with van der Waals surface area (Å²) in [5, 5.41) is 18.8. The summed E-state index contributed by atoms with van der Waals surface area (Å²) in [6.45, 7) is 13.9. The molecule has 0 bridgehead atoms. The lowest BCUT2D eigenvalue weighted by molar-refractivity contribution is -0.162. The molecule has 3 N–H and O–H groups in total. The van der Waals surface area contributed by atoms with Gasteiger partial charge in [-0.1, -0.05) is 34.6 Å². The molecule has 4 aliphatic carbocycles. The van der Waals surface area contributed by atoms with Crippen molar-refractivity contribution in [1.82, 2.24) is 10.6 Å². The lowest BCUT2D eigenvalue weighted by atomic mass is 9.43. The SMILES string of the molecule is COC(=O)CC[C@@H](C)C1CCC2C3C[C@H](O)[C@@H]4C[C@H](NCCNC(C)C)CC[C@]4(C)C3CC[C@@]21C. The third kappa shape index (κ3) is 5.34. The van der Waals surface area contributed by atoms with Crippen molar-refractivity contribution in [1.29, 1.82) is 0 Å². The van der Waals surface area contributed by atoms with E-state index in [1.165, 1.54) is 45.6 Å². The zero-order chi connectivity index (χ0) is 25.4. The van der Waals surface area contributed by atoms with Gasteiger partial charge in [-0.3, -0.25) is 4.79 Å². The Morgan fingerprint density at radius 1 is 0.971 bits per heavy atom. The monoisotopic (exact) mass is 490 g/mol. The molecule has 0 spiro atoms. The van der Waals surface area contributed by atoms with Crippen LogP contribution in [0, 0.1) is 46.3 Å². The number of hydrogen-bond acceptors (Lipinski definition) is 5. The number of nitrogens with one attached hydrogen (secondary N) is 2. The molecule has 202 valence electrons. The first-order chi connectivity index (χ1) is 16.6. The van der Waals surface area contributed by atoms with Crippen molar-refractivity contribution >= 4 is 5.97 Å².